The summed E-state index contributed by atoms with van der Waals surface area (Å²) in [5, 5.41) is 0. The number of nitrogens with zero attached hydrogens (tertiary/aromatic N) is 1. The summed E-state index contributed by atoms with van der Waals surface area (Å²) < 4.78 is 6.19. The molecule has 0 bridgehead atoms. The normalized spacial score (nSPS) is 14.6. The molecular weight excluding hydrogens is 362 g/mol. The van der Waals surface area contributed by atoms with Gasteiger partial charge < -0.3 is 4.74 Å². The van der Waals surface area contributed by atoms with Crippen molar-refractivity contribution in [2.75, 3.05) is 4.90 Å². The average Bonchev–Trinajstić information content (AvgIpc) is 2.93. The molecule has 0 unspecified atom stereocenters. The summed E-state index contributed by atoms with van der Waals surface area (Å²) in [7, 11) is 0. The lowest BCUT2D eigenvalue weighted by Gasteiger charge is -2.25. The molecule has 2 aromatic carbocycles. The molecule has 0 fully saturated rings. The Hall–Kier alpha value is -2.88. The Balaban J connectivity index is 1.86. The van der Waals surface area contributed by atoms with Crippen LogP contribution in [0.3, 0.4) is 0 Å². The van der Waals surface area contributed by atoms with Crippen LogP contribution in [0.15, 0.2) is 54.6 Å². The fourth-order valence-electron chi connectivity index (χ4n) is 3.42. The molecule has 0 spiro atoms. The number of amides is 2. The van der Waals surface area contributed by atoms with Crippen molar-refractivity contribution >= 4 is 17.5 Å². The number of carbonyl (C=O) groups excluding carboxylic acids is 2. The molecule has 0 aromatic heterocycles. The van der Waals surface area contributed by atoms with Gasteiger partial charge in [0.2, 0.25) is 0 Å². The minimum Gasteiger partial charge on any atom is -0.457 e. The van der Waals surface area contributed by atoms with E-state index in [2.05, 4.69) is 53.7 Å². The third-order valence-corrected chi connectivity index (χ3v) is 4.72. The first-order valence-electron chi connectivity index (χ1n) is 9.91. The molecule has 1 aliphatic heterocycles. The first-order chi connectivity index (χ1) is 13.4. The summed E-state index contributed by atoms with van der Waals surface area (Å²) in [6, 6.07) is 13.4. The van der Waals surface area contributed by atoms with E-state index in [1.165, 1.54) is 17.7 Å². The highest BCUT2D eigenvalue weighted by Crippen LogP contribution is 2.36. The topological polar surface area (TPSA) is 46.6 Å². The van der Waals surface area contributed by atoms with Crippen molar-refractivity contribution in [3.63, 3.8) is 0 Å². The van der Waals surface area contributed by atoms with Crippen LogP contribution >= 0.6 is 0 Å². The Bertz CT molecular complexity index is 939. The first kappa shape index (κ1) is 20.8. The van der Waals surface area contributed by atoms with Crippen molar-refractivity contribution in [3.05, 3.63) is 65.7 Å². The maximum Gasteiger partial charge on any atom is 0.258 e. The van der Waals surface area contributed by atoms with Crippen LogP contribution in [0.25, 0.3) is 0 Å². The van der Waals surface area contributed by atoms with Crippen LogP contribution in [-0.2, 0) is 21.4 Å². The Labute approximate surface area is 173 Å². The van der Waals surface area contributed by atoms with Crippen LogP contribution in [0.5, 0.6) is 11.5 Å². The zero-order chi connectivity index (χ0) is 21.4. The van der Waals surface area contributed by atoms with Crippen molar-refractivity contribution in [2.24, 2.45) is 5.41 Å². The largest absolute Gasteiger partial charge is 0.457 e. The number of carbonyl (C=O) groups is 2. The van der Waals surface area contributed by atoms with Gasteiger partial charge in [0.05, 0.1) is 5.69 Å². The average molecular weight is 392 g/mol. The van der Waals surface area contributed by atoms with Gasteiger partial charge >= 0.3 is 0 Å². The molecule has 29 heavy (non-hydrogen) atoms. The van der Waals surface area contributed by atoms with Gasteiger partial charge in [-0.1, -0.05) is 53.7 Å². The molecule has 0 atom stereocenters. The van der Waals surface area contributed by atoms with Gasteiger partial charge in [0, 0.05) is 17.7 Å². The van der Waals surface area contributed by atoms with Crippen molar-refractivity contribution < 1.29 is 14.3 Å². The van der Waals surface area contributed by atoms with Crippen LogP contribution < -0.4 is 9.64 Å². The second-order valence-corrected chi connectivity index (χ2v) is 9.76. The van der Waals surface area contributed by atoms with E-state index in [0.717, 1.165) is 22.6 Å². The van der Waals surface area contributed by atoms with Crippen LogP contribution in [-0.4, -0.2) is 11.8 Å². The molecule has 4 heteroatoms. The minimum atomic E-state index is -0.326. The molecule has 3 rings (SSSR count). The maximum atomic E-state index is 11.8. The highest BCUT2D eigenvalue weighted by molar-refractivity contribution is 6.28. The summed E-state index contributed by atoms with van der Waals surface area (Å²) in [6.07, 6.45) is 3.56. The Morgan fingerprint density at radius 2 is 1.41 bits per heavy atom. The molecule has 0 N–H and O–H groups in total. The molecule has 1 aliphatic rings. The molecule has 152 valence electrons. The fourth-order valence-corrected chi connectivity index (χ4v) is 3.42. The zero-order valence-electron chi connectivity index (χ0n) is 18.1. The predicted octanol–water partition coefficient (Wildman–Crippen LogP) is 5.79. The summed E-state index contributed by atoms with van der Waals surface area (Å²) >= 11 is 0. The number of ether oxygens (including phenoxy) is 1. The van der Waals surface area contributed by atoms with Gasteiger partial charge in [-0.3, -0.25) is 9.59 Å². The summed E-state index contributed by atoms with van der Waals surface area (Å²) in [5.41, 5.74) is 3.13. The van der Waals surface area contributed by atoms with Crippen molar-refractivity contribution in [2.45, 2.75) is 53.4 Å². The van der Waals surface area contributed by atoms with Gasteiger partial charge in [-0.05, 0) is 53.1 Å². The number of hydrogen-bond acceptors (Lipinski definition) is 3. The number of rotatable bonds is 4. The highest BCUT2D eigenvalue weighted by atomic mass is 16.5. The van der Waals surface area contributed by atoms with E-state index < -0.39 is 0 Å². The van der Waals surface area contributed by atoms with Gasteiger partial charge in [-0.25, -0.2) is 4.90 Å². The van der Waals surface area contributed by atoms with Crippen LogP contribution in [0.1, 0.15) is 52.7 Å². The fraction of sp³-hybridized carbons (Fsp3) is 0.360. The molecule has 0 radical (unpaired) electrons. The van der Waals surface area contributed by atoms with Crippen molar-refractivity contribution in [3.8, 4) is 11.5 Å². The first-order valence-corrected chi connectivity index (χ1v) is 9.91. The molecule has 0 saturated heterocycles. The van der Waals surface area contributed by atoms with E-state index in [-0.39, 0.29) is 22.6 Å². The molecule has 2 amide bonds. The van der Waals surface area contributed by atoms with Gasteiger partial charge in [0.1, 0.15) is 11.5 Å². The number of hydrogen-bond donors (Lipinski definition) is 0. The maximum absolute atomic E-state index is 11.8. The minimum absolute atomic E-state index is 0.0662. The highest BCUT2D eigenvalue weighted by Gasteiger charge is 2.25. The van der Waals surface area contributed by atoms with E-state index in [4.69, 9.17) is 4.74 Å². The third kappa shape index (κ3) is 4.94. The molecule has 1 heterocycles. The predicted molar refractivity (Wildman–Crippen MR) is 116 cm³/mol. The standard InChI is InChI=1S/C25H29NO3/c1-24(2,3)16-17-7-12-21(20(15-17)25(4,5)6)29-19-10-8-18(9-11-19)26-22(27)13-14-23(26)28/h7-15H,16H2,1-6H3. The lowest BCUT2D eigenvalue weighted by atomic mass is 9.82. The third-order valence-electron chi connectivity index (χ3n) is 4.72. The Morgan fingerprint density at radius 1 is 0.828 bits per heavy atom. The van der Waals surface area contributed by atoms with Crippen LogP contribution in [0, 0.1) is 5.41 Å². The van der Waals surface area contributed by atoms with E-state index in [9.17, 15) is 9.59 Å². The van der Waals surface area contributed by atoms with Crippen LogP contribution in [0.2, 0.25) is 0 Å². The second-order valence-electron chi connectivity index (χ2n) is 9.76. The van der Waals surface area contributed by atoms with Crippen molar-refractivity contribution in [1.82, 2.24) is 0 Å². The van der Waals surface area contributed by atoms with Crippen LogP contribution in [0.4, 0.5) is 5.69 Å². The second kappa shape index (κ2) is 7.51. The molecule has 2 aromatic rings. The van der Waals surface area contributed by atoms with Crippen molar-refractivity contribution in [1.29, 1.82) is 0 Å². The van der Waals surface area contributed by atoms with E-state index >= 15 is 0 Å². The Morgan fingerprint density at radius 3 is 1.93 bits per heavy atom. The zero-order valence-corrected chi connectivity index (χ0v) is 18.1. The molecule has 0 aliphatic carbocycles. The van der Waals surface area contributed by atoms with Gasteiger partial charge in [-0.2, -0.15) is 0 Å². The lowest BCUT2D eigenvalue weighted by Crippen LogP contribution is -2.29. The number of benzene rings is 2. The molecule has 0 saturated carbocycles. The van der Waals surface area contributed by atoms with E-state index in [1.54, 1.807) is 24.3 Å². The number of imide groups is 1. The summed E-state index contributed by atoms with van der Waals surface area (Å²) in [5.74, 6) is 0.828. The van der Waals surface area contributed by atoms with Gasteiger partial charge in [-0.15, -0.1) is 0 Å². The summed E-state index contributed by atoms with van der Waals surface area (Å²) in [6.45, 7) is 13.2. The quantitative estimate of drug-likeness (QED) is 0.619. The van der Waals surface area contributed by atoms with Gasteiger partial charge in [0.25, 0.3) is 11.8 Å². The monoisotopic (exact) mass is 391 g/mol. The lowest BCUT2D eigenvalue weighted by molar-refractivity contribution is -0.119. The van der Waals surface area contributed by atoms with Gasteiger partial charge in [0.15, 0.2) is 0 Å². The SMILES string of the molecule is CC(C)(C)Cc1ccc(Oc2ccc(N3C(=O)C=CC3=O)cc2)c(C(C)(C)C)c1. The Kier molecular flexibility index (Phi) is 5.40. The molecule has 4 nitrogen and oxygen atoms in total. The molecular formula is C25H29NO3. The number of anilines is 1. The summed E-state index contributed by atoms with van der Waals surface area (Å²) in [4.78, 5) is 24.8. The van der Waals surface area contributed by atoms with E-state index in [1.807, 2.05) is 6.07 Å². The smallest absolute Gasteiger partial charge is 0.258 e. The van der Waals surface area contributed by atoms with E-state index in [0.29, 0.717) is 11.4 Å².